The van der Waals surface area contributed by atoms with Gasteiger partial charge in [0.15, 0.2) is 0 Å². The molecule has 6 nitrogen and oxygen atoms in total. The molecule has 1 heterocycles. The molecule has 116 valence electrons. The fourth-order valence-corrected chi connectivity index (χ4v) is 1.89. The van der Waals surface area contributed by atoms with Gasteiger partial charge < -0.3 is 15.3 Å². The van der Waals surface area contributed by atoms with E-state index in [1.807, 2.05) is 39.0 Å². The van der Waals surface area contributed by atoms with E-state index >= 15 is 0 Å². The molecule has 0 spiro atoms. The van der Waals surface area contributed by atoms with E-state index in [-0.39, 0.29) is 19.0 Å². The highest BCUT2D eigenvalue weighted by molar-refractivity contribution is 5.76. The maximum Gasteiger partial charge on any atom is 0.317 e. The zero-order valence-electron chi connectivity index (χ0n) is 12.8. The zero-order chi connectivity index (χ0) is 15.9. The van der Waals surface area contributed by atoms with E-state index in [0.29, 0.717) is 13.0 Å². The van der Waals surface area contributed by atoms with Gasteiger partial charge >= 0.3 is 12.0 Å². The van der Waals surface area contributed by atoms with Crippen molar-refractivity contribution in [3.05, 3.63) is 30.1 Å². The summed E-state index contributed by atoms with van der Waals surface area (Å²) in [4.78, 5) is 28.6. The van der Waals surface area contributed by atoms with Crippen LogP contribution in [0.5, 0.6) is 0 Å². The average molecular weight is 293 g/mol. The summed E-state index contributed by atoms with van der Waals surface area (Å²) in [5.74, 6) is -0.912. The number of urea groups is 1. The number of rotatable bonds is 6. The van der Waals surface area contributed by atoms with Crippen molar-refractivity contribution in [3.63, 3.8) is 0 Å². The minimum atomic E-state index is -0.912. The Morgan fingerprint density at radius 1 is 1.33 bits per heavy atom. The summed E-state index contributed by atoms with van der Waals surface area (Å²) in [5, 5.41) is 11.6. The van der Waals surface area contributed by atoms with Crippen molar-refractivity contribution in [3.8, 4) is 0 Å². The van der Waals surface area contributed by atoms with Crippen LogP contribution in [0.3, 0.4) is 0 Å². The fourth-order valence-electron chi connectivity index (χ4n) is 1.89. The highest BCUT2D eigenvalue weighted by Crippen LogP contribution is 2.13. The number of hydrogen-bond donors (Lipinski definition) is 2. The molecule has 0 unspecified atom stereocenters. The lowest BCUT2D eigenvalue weighted by Crippen LogP contribution is -2.51. The summed E-state index contributed by atoms with van der Waals surface area (Å²) in [6, 6.07) is 5.39. The molecule has 0 bridgehead atoms. The number of aromatic nitrogens is 1. The van der Waals surface area contributed by atoms with E-state index in [9.17, 15) is 9.59 Å². The highest BCUT2D eigenvalue weighted by Gasteiger charge is 2.26. The van der Waals surface area contributed by atoms with Gasteiger partial charge in [0.2, 0.25) is 0 Å². The molecular formula is C15H23N3O3. The van der Waals surface area contributed by atoms with Crippen molar-refractivity contribution in [1.29, 1.82) is 0 Å². The molecule has 0 aliphatic carbocycles. The lowest BCUT2D eigenvalue weighted by atomic mass is 10.1. The topological polar surface area (TPSA) is 82.5 Å². The molecule has 0 fully saturated rings. The number of carboxylic acid groups (broad SMARTS) is 1. The second-order valence-electron chi connectivity index (χ2n) is 5.77. The smallest absolute Gasteiger partial charge is 0.317 e. The number of carbonyl (C=O) groups is 2. The summed E-state index contributed by atoms with van der Waals surface area (Å²) in [7, 11) is 0. The van der Waals surface area contributed by atoms with Crippen LogP contribution < -0.4 is 5.32 Å². The minimum absolute atomic E-state index is 0.0646. The fraction of sp³-hybridized carbons (Fsp3) is 0.533. The summed E-state index contributed by atoms with van der Waals surface area (Å²) in [5.41, 5.74) is 0.482. The second kappa shape index (κ2) is 7.61. The third-order valence-electron chi connectivity index (χ3n) is 2.99. The molecule has 0 saturated carbocycles. The maximum atomic E-state index is 12.2. The third kappa shape index (κ3) is 6.25. The van der Waals surface area contributed by atoms with E-state index in [4.69, 9.17) is 5.11 Å². The van der Waals surface area contributed by atoms with Crippen molar-refractivity contribution < 1.29 is 14.7 Å². The Morgan fingerprint density at radius 3 is 2.57 bits per heavy atom. The van der Waals surface area contributed by atoms with Gasteiger partial charge in [0.1, 0.15) is 0 Å². The molecule has 0 atom stereocenters. The normalized spacial score (nSPS) is 11.0. The van der Waals surface area contributed by atoms with Crippen molar-refractivity contribution in [1.82, 2.24) is 15.2 Å². The van der Waals surface area contributed by atoms with Crippen molar-refractivity contribution >= 4 is 12.0 Å². The number of amides is 2. The number of pyridine rings is 1. The van der Waals surface area contributed by atoms with Crippen LogP contribution in [0.2, 0.25) is 0 Å². The SMILES string of the molecule is CC(C)(C)N(CCC(=O)O)C(=O)NCCc1ccccn1. The van der Waals surface area contributed by atoms with Crippen LogP contribution in [0.25, 0.3) is 0 Å². The lowest BCUT2D eigenvalue weighted by molar-refractivity contribution is -0.137. The van der Waals surface area contributed by atoms with Crippen molar-refractivity contribution in [2.24, 2.45) is 0 Å². The van der Waals surface area contributed by atoms with Gasteiger partial charge in [-0.1, -0.05) is 6.07 Å². The number of carboxylic acids is 1. The van der Waals surface area contributed by atoms with E-state index in [0.717, 1.165) is 5.69 Å². The molecule has 0 saturated heterocycles. The number of carbonyl (C=O) groups excluding carboxylic acids is 1. The molecule has 2 N–H and O–H groups in total. The van der Waals surface area contributed by atoms with E-state index in [1.165, 1.54) is 0 Å². The molecule has 21 heavy (non-hydrogen) atoms. The predicted octanol–water partition coefficient (Wildman–Crippen LogP) is 1.91. The second-order valence-corrected chi connectivity index (χ2v) is 5.77. The van der Waals surface area contributed by atoms with Crippen LogP contribution in [0.15, 0.2) is 24.4 Å². The highest BCUT2D eigenvalue weighted by atomic mass is 16.4. The Balaban J connectivity index is 2.50. The van der Waals surface area contributed by atoms with Gasteiger partial charge in [-0.3, -0.25) is 9.78 Å². The zero-order valence-corrected chi connectivity index (χ0v) is 12.8. The van der Waals surface area contributed by atoms with E-state index in [2.05, 4.69) is 10.3 Å². The quantitative estimate of drug-likeness (QED) is 0.839. The molecule has 0 radical (unpaired) electrons. The van der Waals surface area contributed by atoms with Crippen molar-refractivity contribution in [2.75, 3.05) is 13.1 Å². The Hall–Kier alpha value is -2.11. The first kappa shape index (κ1) is 16.9. The maximum absolute atomic E-state index is 12.2. The van der Waals surface area contributed by atoms with Gasteiger partial charge in [0, 0.05) is 36.9 Å². The first-order valence-corrected chi connectivity index (χ1v) is 6.98. The number of nitrogens with zero attached hydrogens (tertiary/aromatic N) is 2. The van der Waals surface area contributed by atoms with Crippen LogP contribution in [0, 0.1) is 0 Å². The van der Waals surface area contributed by atoms with Crippen LogP contribution in [0.1, 0.15) is 32.9 Å². The Kier molecular flexibility index (Phi) is 6.14. The minimum Gasteiger partial charge on any atom is -0.481 e. The first-order chi connectivity index (χ1) is 9.80. The number of aliphatic carboxylic acids is 1. The summed E-state index contributed by atoms with van der Waals surface area (Å²) in [6.45, 7) is 6.30. The van der Waals surface area contributed by atoms with Crippen LogP contribution >= 0.6 is 0 Å². The first-order valence-electron chi connectivity index (χ1n) is 6.98. The van der Waals surface area contributed by atoms with Gasteiger partial charge in [-0.25, -0.2) is 4.79 Å². The summed E-state index contributed by atoms with van der Waals surface area (Å²) < 4.78 is 0. The molecule has 1 aromatic rings. The molecule has 1 rings (SSSR count). The summed E-state index contributed by atoms with van der Waals surface area (Å²) in [6.07, 6.45) is 2.29. The van der Waals surface area contributed by atoms with Gasteiger partial charge in [0.05, 0.1) is 6.42 Å². The standard InChI is InChI=1S/C15H23N3O3/c1-15(2,3)18(11-8-13(19)20)14(21)17-10-7-12-6-4-5-9-16-12/h4-6,9H,7-8,10-11H2,1-3H3,(H,17,21)(H,19,20). The van der Waals surface area contributed by atoms with Crippen molar-refractivity contribution in [2.45, 2.75) is 39.2 Å². The Morgan fingerprint density at radius 2 is 2.05 bits per heavy atom. The third-order valence-corrected chi connectivity index (χ3v) is 2.99. The average Bonchev–Trinajstić information content (AvgIpc) is 2.38. The van der Waals surface area contributed by atoms with Gasteiger partial charge in [0.25, 0.3) is 0 Å². The van der Waals surface area contributed by atoms with E-state index < -0.39 is 11.5 Å². The Labute approximate surface area is 125 Å². The molecule has 0 aromatic carbocycles. The van der Waals surface area contributed by atoms with Crippen LogP contribution in [0.4, 0.5) is 4.79 Å². The monoisotopic (exact) mass is 293 g/mol. The van der Waals surface area contributed by atoms with E-state index in [1.54, 1.807) is 11.1 Å². The van der Waals surface area contributed by atoms with Crippen LogP contribution in [-0.2, 0) is 11.2 Å². The predicted molar refractivity (Wildman–Crippen MR) is 80.1 cm³/mol. The molecular weight excluding hydrogens is 270 g/mol. The molecule has 0 aliphatic heterocycles. The lowest BCUT2D eigenvalue weighted by Gasteiger charge is -2.35. The van der Waals surface area contributed by atoms with Crippen LogP contribution in [-0.4, -0.2) is 45.6 Å². The largest absolute Gasteiger partial charge is 0.481 e. The molecule has 1 aromatic heterocycles. The number of hydrogen-bond acceptors (Lipinski definition) is 3. The van der Waals surface area contributed by atoms with Gasteiger partial charge in [-0.05, 0) is 32.9 Å². The molecule has 6 heteroatoms. The summed E-state index contributed by atoms with van der Waals surface area (Å²) >= 11 is 0. The number of nitrogens with one attached hydrogen (secondary N) is 1. The Bertz CT molecular complexity index is 469. The molecule has 0 aliphatic rings. The molecule has 2 amide bonds. The van der Waals surface area contributed by atoms with Gasteiger partial charge in [-0.2, -0.15) is 0 Å². The van der Waals surface area contributed by atoms with Gasteiger partial charge in [-0.15, -0.1) is 0 Å².